The fourth-order valence-electron chi connectivity index (χ4n) is 1.18. The first-order chi connectivity index (χ1) is 8.63. The molecule has 6 heteroatoms. The highest BCUT2D eigenvalue weighted by Crippen LogP contribution is 2.10. The molecule has 0 heterocycles. The normalized spacial score (nSPS) is 10.5. The molecule has 0 saturated heterocycles. The number of hydrogen-bond donors (Lipinski definition) is 2. The van der Waals surface area contributed by atoms with Crippen LogP contribution in [0.1, 0.15) is 11.1 Å². The molecule has 18 heavy (non-hydrogen) atoms. The number of benzene rings is 1. The van der Waals surface area contributed by atoms with Crippen LogP contribution in [0.25, 0.3) is 0 Å². The number of guanidine groups is 1. The lowest BCUT2D eigenvalue weighted by Gasteiger charge is -2.03. The number of ether oxygens (including phenoxy) is 1. The molecule has 1 aromatic carbocycles. The molecule has 0 bridgehead atoms. The Balaban J connectivity index is 2.70. The van der Waals surface area contributed by atoms with Crippen LogP contribution in [0.15, 0.2) is 41.1 Å². The van der Waals surface area contributed by atoms with Crippen molar-refractivity contribution in [3.05, 3.63) is 47.8 Å². The van der Waals surface area contributed by atoms with Crippen LogP contribution in [0.2, 0.25) is 0 Å². The predicted octanol–water partition coefficient (Wildman–Crippen LogP) is 1.14. The number of halogens is 1. The SMILES string of the molecule is C=CCOCc1ccc(C=NN=C(N)N)cc1F. The van der Waals surface area contributed by atoms with Crippen molar-refractivity contribution >= 4 is 12.2 Å². The van der Waals surface area contributed by atoms with Crippen molar-refractivity contribution in [3.63, 3.8) is 0 Å². The van der Waals surface area contributed by atoms with E-state index in [9.17, 15) is 4.39 Å². The van der Waals surface area contributed by atoms with Crippen LogP contribution in [-0.4, -0.2) is 18.8 Å². The van der Waals surface area contributed by atoms with Crippen LogP contribution in [-0.2, 0) is 11.3 Å². The number of nitrogens with two attached hydrogens (primary N) is 2. The van der Waals surface area contributed by atoms with E-state index in [1.54, 1.807) is 18.2 Å². The van der Waals surface area contributed by atoms with E-state index >= 15 is 0 Å². The van der Waals surface area contributed by atoms with E-state index in [0.717, 1.165) is 0 Å². The van der Waals surface area contributed by atoms with Crippen LogP contribution >= 0.6 is 0 Å². The third kappa shape index (κ3) is 4.75. The summed E-state index contributed by atoms with van der Waals surface area (Å²) in [6, 6.07) is 4.65. The van der Waals surface area contributed by atoms with Gasteiger partial charge in [0.25, 0.3) is 0 Å². The molecule has 0 radical (unpaired) electrons. The molecule has 0 aromatic heterocycles. The minimum Gasteiger partial charge on any atom is -0.373 e. The second kappa shape index (κ2) is 7.18. The Morgan fingerprint density at radius 3 is 2.83 bits per heavy atom. The highest BCUT2D eigenvalue weighted by atomic mass is 19.1. The number of rotatable bonds is 6. The highest BCUT2D eigenvalue weighted by molar-refractivity contribution is 5.81. The van der Waals surface area contributed by atoms with E-state index in [0.29, 0.717) is 17.7 Å². The first-order valence-corrected chi connectivity index (χ1v) is 5.22. The molecule has 4 N–H and O–H groups in total. The third-order valence-electron chi connectivity index (χ3n) is 1.95. The Kier molecular flexibility index (Phi) is 5.53. The second-order valence-corrected chi connectivity index (χ2v) is 3.42. The minimum absolute atomic E-state index is 0.152. The Bertz CT molecular complexity index is 467. The maximum atomic E-state index is 13.6. The van der Waals surface area contributed by atoms with E-state index in [1.165, 1.54) is 12.3 Å². The standard InChI is InChI=1S/C12H15FN4O/c1-2-5-18-8-10-4-3-9(6-11(10)13)7-16-17-12(14)15/h2-4,6-7H,1,5,8H2,(H4,14,15,17). The summed E-state index contributed by atoms with van der Waals surface area (Å²) in [7, 11) is 0. The van der Waals surface area contributed by atoms with Gasteiger partial charge in [-0.25, -0.2) is 4.39 Å². The van der Waals surface area contributed by atoms with E-state index in [1.807, 2.05) is 0 Å². The summed E-state index contributed by atoms with van der Waals surface area (Å²) < 4.78 is 18.8. The first-order valence-electron chi connectivity index (χ1n) is 5.22. The van der Waals surface area contributed by atoms with Crippen molar-refractivity contribution in [1.29, 1.82) is 0 Å². The summed E-state index contributed by atoms with van der Waals surface area (Å²) >= 11 is 0. The van der Waals surface area contributed by atoms with E-state index in [-0.39, 0.29) is 18.4 Å². The highest BCUT2D eigenvalue weighted by Gasteiger charge is 2.02. The van der Waals surface area contributed by atoms with Gasteiger partial charge in [-0.1, -0.05) is 18.2 Å². The van der Waals surface area contributed by atoms with E-state index < -0.39 is 0 Å². The fraction of sp³-hybridized carbons (Fsp3) is 0.167. The molecule has 0 saturated carbocycles. The summed E-state index contributed by atoms with van der Waals surface area (Å²) in [5, 5.41) is 7.01. The molecule has 96 valence electrons. The van der Waals surface area contributed by atoms with Gasteiger partial charge in [-0.2, -0.15) is 5.10 Å². The van der Waals surface area contributed by atoms with Crippen LogP contribution in [0.5, 0.6) is 0 Å². The molecule has 0 aliphatic rings. The lowest BCUT2D eigenvalue weighted by Crippen LogP contribution is -2.21. The van der Waals surface area contributed by atoms with Gasteiger partial charge in [-0.05, 0) is 11.6 Å². The smallest absolute Gasteiger partial charge is 0.211 e. The van der Waals surface area contributed by atoms with E-state index in [2.05, 4.69) is 16.8 Å². The van der Waals surface area contributed by atoms with Gasteiger partial charge in [0.15, 0.2) is 0 Å². The fourth-order valence-corrected chi connectivity index (χ4v) is 1.18. The van der Waals surface area contributed by atoms with Gasteiger partial charge in [0.1, 0.15) is 5.82 Å². The Morgan fingerprint density at radius 2 is 2.22 bits per heavy atom. The van der Waals surface area contributed by atoms with Crippen molar-refractivity contribution in [2.75, 3.05) is 6.61 Å². The monoisotopic (exact) mass is 250 g/mol. The Hall–Kier alpha value is -2.21. The van der Waals surface area contributed by atoms with Gasteiger partial charge in [0.2, 0.25) is 5.96 Å². The van der Waals surface area contributed by atoms with Crippen molar-refractivity contribution in [1.82, 2.24) is 0 Å². The molecule has 0 aliphatic carbocycles. The molecular formula is C12H15FN4O. The molecule has 0 fully saturated rings. The molecule has 0 atom stereocenters. The molecule has 0 aliphatic heterocycles. The summed E-state index contributed by atoms with van der Waals surface area (Å²) in [4.78, 5) is 0. The number of hydrogen-bond acceptors (Lipinski definition) is 3. The van der Waals surface area contributed by atoms with Gasteiger partial charge in [-0.15, -0.1) is 11.7 Å². The van der Waals surface area contributed by atoms with Crippen LogP contribution in [0, 0.1) is 5.82 Å². The van der Waals surface area contributed by atoms with Gasteiger partial charge in [0, 0.05) is 5.56 Å². The average molecular weight is 250 g/mol. The van der Waals surface area contributed by atoms with Crippen molar-refractivity contribution in [3.8, 4) is 0 Å². The van der Waals surface area contributed by atoms with Gasteiger partial charge < -0.3 is 16.2 Å². The molecule has 0 amide bonds. The largest absolute Gasteiger partial charge is 0.373 e. The van der Waals surface area contributed by atoms with Gasteiger partial charge in [0.05, 0.1) is 19.4 Å². The Morgan fingerprint density at radius 1 is 1.44 bits per heavy atom. The maximum absolute atomic E-state index is 13.6. The minimum atomic E-state index is -0.368. The molecule has 0 spiro atoms. The van der Waals surface area contributed by atoms with Crippen molar-refractivity contribution < 1.29 is 9.13 Å². The van der Waals surface area contributed by atoms with Gasteiger partial charge >= 0.3 is 0 Å². The summed E-state index contributed by atoms with van der Waals surface area (Å²) in [5.74, 6) is -0.520. The quantitative estimate of drug-likeness (QED) is 0.261. The predicted molar refractivity (Wildman–Crippen MR) is 69.7 cm³/mol. The van der Waals surface area contributed by atoms with Crippen LogP contribution in [0.3, 0.4) is 0 Å². The second-order valence-electron chi connectivity index (χ2n) is 3.42. The average Bonchev–Trinajstić information content (AvgIpc) is 2.31. The molecule has 5 nitrogen and oxygen atoms in total. The molecule has 0 unspecified atom stereocenters. The summed E-state index contributed by atoms with van der Waals surface area (Å²) in [5.41, 5.74) is 11.2. The van der Waals surface area contributed by atoms with Crippen molar-refractivity contribution in [2.24, 2.45) is 21.7 Å². The lowest BCUT2D eigenvalue weighted by atomic mass is 10.1. The molecule has 1 aromatic rings. The maximum Gasteiger partial charge on any atom is 0.211 e. The zero-order valence-corrected chi connectivity index (χ0v) is 9.84. The molecular weight excluding hydrogens is 235 g/mol. The first kappa shape index (κ1) is 13.9. The number of nitrogens with zero attached hydrogens (tertiary/aromatic N) is 2. The zero-order valence-electron chi connectivity index (χ0n) is 9.84. The third-order valence-corrected chi connectivity index (χ3v) is 1.95. The van der Waals surface area contributed by atoms with E-state index in [4.69, 9.17) is 16.2 Å². The zero-order chi connectivity index (χ0) is 13.4. The lowest BCUT2D eigenvalue weighted by molar-refractivity contribution is 0.146. The summed E-state index contributed by atoms with van der Waals surface area (Å²) in [6.07, 6.45) is 2.96. The Labute approximate surface area is 105 Å². The van der Waals surface area contributed by atoms with Crippen LogP contribution in [0.4, 0.5) is 4.39 Å². The molecule has 1 rings (SSSR count). The topological polar surface area (TPSA) is 86.0 Å². The summed E-state index contributed by atoms with van der Waals surface area (Å²) in [6.45, 7) is 4.09. The van der Waals surface area contributed by atoms with Gasteiger partial charge in [-0.3, -0.25) is 0 Å². The van der Waals surface area contributed by atoms with Crippen LogP contribution < -0.4 is 11.5 Å². The van der Waals surface area contributed by atoms with Crippen molar-refractivity contribution in [2.45, 2.75) is 6.61 Å².